The van der Waals surface area contributed by atoms with E-state index in [1.54, 1.807) is 21.0 Å². The van der Waals surface area contributed by atoms with Gasteiger partial charge in [0.1, 0.15) is 24.4 Å². The van der Waals surface area contributed by atoms with E-state index in [-0.39, 0.29) is 86.9 Å². The van der Waals surface area contributed by atoms with Gasteiger partial charge in [0.15, 0.2) is 5.96 Å². The molecule has 1 aliphatic rings. The normalized spacial score (nSPS) is 14.3. The highest BCUT2D eigenvalue weighted by molar-refractivity contribution is 8.00. The molecule has 0 aromatic heterocycles. The van der Waals surface area contributed by atoms with Crippen LogP contribution in [-0.2, 0) is 73.7 Å². The van der Waals surface area contributed by atoms with Gasteiger partial charge in [0.2, 0.25) is 54.7 Å². The number of rotatable bonds is 39. The van der Waals surface area contributed by atoms with Gasteiger partial charge in [0.25, 0.3) is 0 Å². The van der Waals surface area contributed by atoms with Gasteiger partial charge >= 0.3 is 17.9 Å². The fraction of sp³-hybridized carbons (Fsp3) is 0.636. The Morgan fingerprint density at radius 1 is 0.709 bits per heavy atom. The molecular formula is C55H95N13O17S. The van der Waals surface area contributed by atoms with E-state index in [0.29, 0.717) is 64.5 Å². The SMILES string of the molecule is CC(C)C=O.CN.COCc1ccc(C(CCCNC=O)NC(=O)C(CCCCCN2C(=O)CC(SCC(NC(=O)C(CC(=O)O)NC(=O)C(CCCCN=C(N)N)NC(=O)C(CC(=O)O)NC(C)C)C(=O)O)C2=O)C(C)C)cc1.NC=O.NC=O. The Balaban J connectivity index is -0.00000482. The minimum atomic E-state index is -1.85. The van der Waals surface area contributed by atoms with Crippen molar-refractivity contribution in [3.63, 3.8) is 0 Å². The Hall–Kier alpha value is -7.77. The van der Waals surface area contributed by atoms with Gasteiger partial charge in [0.05, 0.1) is 36.8 Å². The molecule has 0 spiro atoms. The number of carboxylic acids is 3. The number of ether oxygens (including phenoxy) is 1. The van der Waals surface area contributed by atoms with Crippen LogP contribution in [0.1, 0.15) is 136 Å². The maximum Gasteiger partial charge on any atom is 0.327 e. The molecule has 1 fully saturated rings. The summed E-state index contributed by atoms with van der Waals surface area (Å²) < 4.78 is 5.22. The zero-order chi connectivity index (χ0) is 66.3. The number of amides is 9. The number of guanidine groups is 1. The number of imide groups is 1. The number of methoxy groups -OCH3 is 1. The molecule has 19 N–H and O–H groups in total. The highest BCUT2D eigenvalue weighted by atomic mass is 32.2. The van der Waals surface area contributed by atoms with Gasteiger partial charge in [-0.25, -0.2) is 4.79 Å². The monoisotopic (exact) mass is 1240 g/mol. The standard InChI is InChI=1S/C48H76N10O14S.C4H8O.2CH3NO.CH5N/c1-28(2)32(42(65)54-33(14-11-19-51-27-59)31-17-15-30(16-18-31)25-72-5)12-7-6-10-21-58-39(60)24-38(46(58)69)73-26-37(47(70)71)57-45(68)36(23-41(63)64)56-43(66)34(13-8-9-20-52-48(49)50)55-44(67)35(22-40(61)62)53-29(3)4;1-4(2)3-5;2*2-1-3;1-2/h15-18,27-29,32-38,53H,6-14,19-26H2,1-5H3,(H,51,59)(H,54,65)(H,55,67)(H,56,66)(H,57,68)(H,61,62)(H,63,64)(H,70,71)(H4,49,50,52);3-4H,1-2H3;2*1H,(H2,2,3);2H2,1H3. The van der Waals surface area contributed by atoms with E-state index in [1.807, 2.05) is 52.0 Å². The summed E-state index contributed by atoms with van der Waals surface area (Å²) in [5.41, 5.74) is 25.5. The van der Waals surface area contributed by atoms with Crippen molar-refractivity contribution in [2.75, 3.05) is 39.5 Å². The van der Waals surface area contributed by atoms with Crippen LogP contribution in [0.3, 0.4) is 0 Å². The first-order valence-electron chi connectivity index (χ1n) is 27.9. The summed E-state index contributed by atoms with van der Waals surface area (Å²) in [5.74, 6) is -9.25. The number of hydrogen-bond donors (Lipinski definition) is 14. The molecule has 0 saturated carbocycles. The van der Waals surface area contributed by atoms with E-state index in [2.05, 4.69) is 54.1 Å². The number of carbonyl (C=O) groups excluding carboxylic acids is 10. The quantitative estimate of drug-likeness (QED) is 0.0125. The number of nitrogens with zero attached hydrogens (tertiary/aromatic N) is 2. The van der Waals surface area contributed by atoms with Crippen LogP contribution in [0, 0.1) is 17.8 Å². The Bertz CT molecular complexity index is 2250. The molecule has 86 heavy (non-hydrogen) atoms. The molecule has 7 unspecified atom stereocenters. The van der Waals surface area contributed by atoms with Gasteiger partial charge in [-0.05, 0) is 69.0 Å². The summed E-state index contributed by atoms with van der Waals surface area (Å²) in [4.78, 5) is 159. The van der Waals surface area contributed by atoms with Gasteiger partial charge in [-0.1, -0.05) is 78.6 Å². The number of hydrogen-bond acceptors (Lipinski definition) is 18. The first kappa shape index (κ1) is 82.4. The van der Waals surface area contributed by atoms with E-state index >= 15 is 0 Å². The molecule has 30 nitrogen and oxygen atoms in total. The third-order valence-electron chi connectivity index (χ3n) is 12.1. The number of nitrogens with two attached hydrogens (primary N) is 5. The van der Waals surface area contributed by atoms with E-state index < -0.39 is 95.5 Å². The lowest BCUT2D eigenvalue weighted by Gasteiger charge is -2.26. The average Bonchev–Trinajstić information content (AvgIpc) is 3.73. The molecule has 488 valence electrons. The van der Waals surface area contributed by atoms with Crippen molar-refractivity contribution >= 4 is 96.6 Å². The first-order chi connectivity index (χ1) is 40.7. The molecule has 0 radical (unpaired) electrons. The lowest BCUT2D eigenvalue weighted by Crippen LogP contribution is -2.58. The number of aldehydes is 1. The van der Waals surface area contributed by atoms with Crippen LogP contribution < -0.4 is 60.6 Å². The van der Waals surface area contributed by atoms with Gasteiger partial charge in [-0.2, -0.15) is 0 Å². The summed E-state index contributed by atoms with van der Waals surface area (Å²) in [7, 11) is 3.11. The molecule has 1 aliphatic heterocycles. The van der Waals surface area contributed by atoms with E-state index in [0.717, 1.165) is 34.1 Å². The number of benzene rings is 1. The Morgan fingerprint density at radius 2 is 1.23 bits per heavy atom. The Labute approximate surface area is 507 Å². The van der Waals surface area contributed by atoms with Gasteiger partial charge < -0.3 is 85.4 Å². The second kappa shape index (κ2) is 49.5. The second-order valence-corrected chi connectivity index (χ2v) is 21.3. The summed E-state index contributed by atoms with van der Waals surface area (Å²) in [6.45, 7) is 12.2. The fourth-order valence-corrected chi connectivity index (χ4v) is 9.19. The highest BCUT2D eigenvalue weighted by Crippen LogP contribution is 2.28. The van der Waals surface area contributed by atoms with Crippen molar-refractivity contribution < 1.29 is 82.4 Å². The number of carboxylic acid groups (broad SMARTS) is 3. The van der Waals surface area contributed by atoms with Crippen molar-refractivity contribution in [2.24, 2.45) is 51.4 Å². The Kier molecular flexibility index (Phi) is 47.4. The molecular weight excluding hydrogens is 1150 g/mol. The highest BCUT2D eigenvalue weighted by Gasteiger charge is 2.40. The molecule has 31 heteroatoms. The largest absolute Gasteiger partial charge is 0.481 e. The molecule has 7 atom stereocenters. The summed E-state index contributed by atoms with van der Waals surface area (Å²) in [6.07, 6.45) is 4.18. The summed E-state index contributed by atoms with van der Waals surface area (Å²) >= 11 is 0.822. The van der Waals surface area contributed by atoms with Crippen molar-refractivity contribution in [2.45, 2.75) is 167 Å². The van der Waals surface area contributed by atoms with Crippen molar-refractivity contribution in [3.05, 3.63) is 35.4 Å². The van der Waals surface area contributed by atoms with Crippen LogP contribution in [0.15, 0.2) is 29.3 Å². The van der Waals surface area contributed by atoms with Crippen molar-refractivity contribution in [3.8, 4) is 0 Å². The van der Waals surface area contributed by atoms with E-state index in [1.165, 1.54) is 7.05 Å². The van der Waals surface area contributed by atoms with E-state index in [4.69, 9.17) is 25.8 Å². The fourth-order valence-electron chi connectivity index (χ4n) is 8.01. The maximum absolute atomic E-state index is 13.7. The molecule has 0 bridgehead atoms. The number of aliphatic imine (C=N–C) groups is 1. The first-order valence-corrected chi connectivity index (χ1v) is 29.0. The number of unbranched alkanes of at least 4 members (excludes halogenated alkanes) is 3. The lowest BCUT2D eigenvalue weighted by atomic mass is 9.88. The van der Waals surface area contributed by atoms with Crippen LogP contribution in [-0.4, -0.2) is 180 Å². The van der Waals surface area contributed by atoms with Gasteiger partial charge in [0, 0.05) is 56.8 Å². The van der Waals surface area contributed by atoms with Crippen LogP contribution in [0.5, 0.6) is 0 Å². The van der Waals surface area contributed by atoms with Gasteiger partial charge in [-0.15, -0.1) is 11.8 Å². The number of likely N-dealkylation sites (tertiary alicyclic amines) is 1. The second-order valence-electron chi connectivity index (χ2n) is 20.1. The predicted molar refractivity (Wildman–Crippen MR) is 322 cm³/mol. The third kappa shape index (κ3) is 38.2. The maximum atomic E-state index is 13.7. The predicted octanol–water partition coefficient (Wildman–Crippen LogP) is -0.872. The van der Waals surface area contributed by atoms with Crippen LogP contribution in [0.4, 0.5) is 0 Å². The topological polar surface area (TPSA) is 510 Å². The molecule has 0 aliphatic carbocycles. The summed E-state index contributed by atoms with van der Waals surface area (Å²) in [5, 5.41) is 43.7. The molecule has 9 amide bonds. The molecule has 1 aromatic rings. The minimum Gasteiger partial charge on any atom is -0.481 e. The van der Waals surface area contributed by atoms with Crippen LogP contribution >= 0.6 is 11.8 Å². The van der Waals surface area contributed by atoms with Crippen LogP contribution in [0.2, 0.25) is 0 Å². The minimum absolute atomic E-state index is 0.0110. The third-order valence-corrected chi connectivity index (χ3v) is 13.4. The van der Waals surface area contributed by atoms with Crippen LogP contribution in [0.25, 0.3) is 0 Å². The molecule has 1 heterocycles. The smallest absolute Gasteiger partial charge is 0.327 e. The van der Waals surface area contributed by atoms with Crippen molar-refractivity contribution in [1.29, 1.82) is 0 Å². The number of nitrogens with one attached hydrogen (secondary N) is 6. The average molecular weight is 1240 g/mol. The summed E-state index contributed by atoms with van der Waals surface area (Å²) in [6, 6.07) is 0.957. The Morgan fingerprint density at radius 3 is 1.73 bits per heavy atom. The zero-order valence-corrected chi connectivity index (χ0v) is 51.5. The van der Waals surface area contributed by atoms with E-state index in [9.17, 15) is 68.1 Å². The zero-order valence-electron chi connectivity index (χ0n) is 50.7. The van der Waals surface area contributed by atoms with Crippen molar-refractivity contribution in [1.82, 2.24) is 36.8 Å². The molecule has 2 rings (SSSR count). The number of aliphatic carboxylic acids is 3. The lowest BCUT2D eigenvalue weighted by molar-refractivity contribution is -0.143. The number of primary amides is 2. The molecule has 1 saturated heterocycles. The molecule has 1 aromatic carbocycles. The van der Waals surface area contributed by atoms with Gasteiger partial charge in [-0.3, -0.25) is 62.6 Å². The number of carbonyl (C=O) groups is 13. The number of thioether (sulfide) groups is 1.